The summed E-state index contributed by atoms with van der Waals surface area (Å²) in [5.41, 5.74) is 1.68. The van der Waals surface area contributed by atoms with E-state index < -0.39 is 0 Å². The maximum Gasteiger partial charge on any atom is 0.106 e. The van der Waals surface area contributed by atoms with Crippen molar-refractivity contribution in [2.45, 2.75) is 26.3 Å². The van der Waals surface area contributed by atoms with Crippen molar-refractivity contribution in [1.29, 1.82) is 0 Å². The topological polar surface area (TPSA) is 36.9 Å². The molecule has 2 aliphatic rings. The van der Waals surface area contributed by atoms with Gasteiger partial charge in [0.15, 0.2) is 0 Å². The summed E-state index contributed by atoms with van der Waals surface area (Å²) in [7, 11) is 1.63. The van der Waals surface area contributed by atoms with Crippen LogP contribution < -0.4 is 5.32 Å². The lowest BCUT2D eigenvalue weighted by molar-refractivity contribution is 0.125. The summed E-state index contributed by atoms with van der Waals surface area (Å²) in [5.74, 6) is 0. The Hall–Kier alpha value is -0.610. The van der Waals surface area contributed by atoms with E-state index in [1.165, 1.54) is 5.71 Å². The van der Waals surface area contributed by atoms with Gasteiger partial charge in [-0.25, -0.2) is 0 Å². The highest BCUT2D eigenvalue weighted by molar-refractivity contribution is 5.95. The molecule has 1 N–H and O–H groups in total. The summed E-state index contributed by atoms with van der Waals surface area (Å²) in [4.78, 5) is 7.43. The van der Waals surface area contributed by atoms with Crippen LogP contribution in [0.2, 0.25) is 0 Å². The minimum atomic E-state index is 0.216. The summed E-state index contributed by atoms with van der Waals surface area (Å²) >= 11 is 0. The summed E-state index contributed by atoms with van der Waals surface area (Å²) in [5, 5.41) is 7.54. The highest BCUT2D eigenvalue weighted by atomic mass is 16.6. The third-order valence-electron chi connectivity index (χ3n) is 3.52. The summed E-state index contributed by atoms with van der Waals surface area (Å²) in [6, 6.07) is 0. The smallest absolute Gasteiger partial charge is 0.106 e. The van der Waals surface area contributed by atoms with E-state index in [1.54, 1.807) is 7.11 Å². The Morgan fingerprint density at radius 3 is 2.47 bits per heavy atom. The SMILES string of the molecule is CO/N=C1/CN(C(C)(C)C)CC12CNC2. The van der Waals surface area contributed by atoms with E-state index in [2.05, 4.69) is 36.1 Å². The molecule has 0 unspecified atom stereocenters. The fourth-order valence-electron chi connectivity index (χ4n) is 2.31. The van der Waals surface area contributed by atoms with E-state index in [-0.39, 0.29) is 11.0 Å². The van der Waals surface area contributed by atoms with Gasteiger partial charge in [-0.2, -0.15) is 0 Å². The predicted octanol–water partition coefficient (Wildman–Crippen LogP) is 0.693. The van der Waals surface area contributed by atoms with Gasteiger partial charge in [0.2, 0.25) is 0 Å². The van der Waals surface area contributed by atoms with Gasteiger partial charge in [-0.05, 0) is 20.8 Å². The molecule has 1 spiro atoms. The van der Waals surface area contributed by atoms with E-state index in [0.717, 1.165) is 26.2 Å². The lowest BCUT2D eigenvalue weighted by atomic mass is 9.79. The molecule has 86 valence electrons. The normalized spacial score (nSPS) is 28.4. The molecule has 0 bridgehead atoms. The van der Waals surface area contributed by atoms with Crippen LogP contribution in [0.4, 0.5) is 0 Å². The molecule has 0 atom stereocenters. The van der Waals surface area contributed by atoms with Crippen molar-refractivity contribution in [3.8, 4) is 0 Å². The van der Waals surface area contributed by atoms with Crippen LogP contribution in [-0.2, 0) is 4.84 Å². The first-order chi connectivity index (χ1) is 6.98. The van der Waals surface area contributed by atoms with Crippen LogP contribution in [-0.4, -0.2) is 49.4 Å². The molecule has 2 aliphatic heterocycles. The Labute approximate surface area is 91.6 Å². The van der Waals surface area contributed by atoms with E-state index in [1.807, 2.05) is 0 Å². The zero-order valence-electron chi connectivity index (χ0n) is 10.1. The van der Waals surface area contributed by atoms with Gasteiger partial charge < -0.3 is 10.2 Å². The third-order valence-corrected chi connectivity index (χ3v) is 3.52. The predicted molar refractivity (Wildman–Crippen MR) is 61.1 cm³/mol. The lowest BCUT2D eigenvalue weighted by Gasteiger charge is -2.40. The van der Waals surface area contributed by atoms with Crippen LogP contribution in [0.5, 0.6) is 0 Å². The highest BCUT2D eigenvalue weighted by Crippen LogP contribution is 2.35. The average Bonchev–Trinajstić information content (AvgIpc) is 2.43. The first kappa shape index (κ1) is 10.9. The van der Waals surface area contributed by atoms with Crippen molar-refractivity contribution in [3.63, 3.8) is 0 Å². The fourth-order valence-corrected chi connectivity index (χ4v) is 2.31. The number of nitrogens with one attached hydrogen (secondary N) is 1. The van der Waals surface area contributed by atoms with Crippen molar-refractivity contribution in [3.05, 3.63) is 0 Å². The molecule has 0 aromatic carbocycles. The van der Waals surface area contributed by atoms with Crippen LogP contribution in [0.3, 0.4) is 0 Å². The molecule has 0 aromatic heterocycles. The zero-order chi connectivity index (χ0) is 11.1. The fraction of sp³-hybridized carbons (Fsp3) is 0.909. The molecule has 2 saturated heterocycles. The van der Waals surface area contributed by atoms with Gasteiger partial charge >= 0.3 is 0 Å². The molecule has 4 nitrogen and oxygen atoms in total. The van der Waals surface area contributed by atoms with Crippen molar-refractivity contribution < 1.29 is 4.84 Å². The molecule has 2 fully saturated rings. The molecule has 0 aromatic rings. The van der Waals surface area contributed by atoms with Gasteiger partial charge in [0.05, 0.1) is 11.1 Å². The van der Waals surface area contributed by atoms with Crippen LogP contribution in [0, 0.1) is 5.41 Å². The molecule has 0 amide bonds. The second kappa shape index (κ2) is 3.46. The molecule has 2 heterocycles. The third kappa shape index (κ3) is 1.76. The van der Waals surface area contributed by atoms with E-state index >= 15 is 0 Å². The van der Waals surface area contributed by atoms with Gasteiger partial charge in [0.1, 0.15) is 7.11 Å². The number of likely N-dealkylation sites (tertiary alicyclic amines) is 1. The maximum absolute atomic E-state index is 4.95. The number of nitrogens with zero attached hydrogens (tertiary/aromatic N) is 2. The first-order valence-corrected chi connectivity index (χ1v) is 5.54. The first-order valence-electron chi connectivity index (χ1n) is 5.54. The lowest BCUT2D eigenvalue weighted by Crippen LogP contribution is -2.59. The summed E-state index contributed by atoms with van der Waals surface area (Å²) in [6.45, 7) is 10.9. The standard InChI is InChI=1S/C11H21N3O/c1-10(2,3)14-5-9(13-15-4)11(8-14)6-12-7-11/h12H,5-8H2,1-4H3/b13-9-. The maximum atomic E-state index is 4.95. The van der Waals surface area contributed by atoms with Crippen molar-refractivity contribution in [2.75, 3.05) is 33.3 Å². The second-order valence-corrected chi connectivity index (χ2v) is 5.63. The second-order valence-electron chi connectivity index (χ2n) is 5.63. The van der Waals surface area contributed by atoms with E-state index in [9.17, 15) is 0 Å². The van der Waals surface area contributed by atoms with Crippen molar-refractivity contribution in [2.24, 2.45) is 10.6 Å². The van der Waals surface area contributed by atoms with Crippen LogP contribution in [0.25, 0.3) is 0 Å². The molecule has 2 rings (SSSR count). The Morgan fingerprint density at radius 1 is 1.40 bits per heavy atom. The molecule has 4 heteroatoms. The number of oxime groups is 1. The summed E-state index contributed by atoms with van der Waals surface area (Å²) in [6.07, 6.45) is 0. The van der Waals surface area contributed by atoms with Crippen molar-refractivity contribution in [1.82, 2.24) is 10.2 Å². The Kier molecular flexibility index (Phi) is 2.51. The summed E-state index contributed by atoms with van der Waals surface area (Å²) < 4.78 is 0. The largest absolute Gasteiger partial charge is 0.399 e. The van der Waals surface area contributed by atoms with Crippen LogP contribution >= 0.6 is 0 Å². The molecule has 0 saturated carbocycles. The highest BCUT2D eigenvalue weighted by Gasteiger charge is 2.50. The molecule has 0 aliphatic carbocycles. The van der Waals surface area contributed by atoms with Crippen LogP contribution in [0.1, 0.15) is 20.8 Å². The Balaban J connectivity index is 2.17. The Bertz CT molecular complexity index is 276. The molecule has 0 radical (unpaired) electrons. The van der Waals surface area contributed by atoms with E-state index in [0.29, 0.717) is 0 Å². The minimum absolute atomic E-state index is 0.216. The van der Waals surface area contributed by atoms with Gasteiger partial charge in [-0.1, -0.05) is 5.16 Å². The molecular weight excluding hydrogens is 190 g/mol. The zero-order valence-corrected chi connectivity index (χ0v) is 10.1. The quantitative estimate of drug-likeness (QED) is 0.648. The monoisotopic (exact) mass is 211 g/mol. The van der Waals surface area contributed by atoms with E-state index in [4.69, 9.17) is 4.84 Å². The number of hydrogen-bond donors (Lipinski definition) is 1. The van der Waals surface area contributed by atoms with Crippen molar-refractivity contribution >= 4 is 5.71 Å². The van der Waals surface area contributed by atoms with Gasteiger partial charge in [0, 0.05) is 31.7 Å². The molecule has 15 heavy (non-hydrogen) atoms. The number of rotatable bonds is 1. The van der Waals surface area contributed by atoms with Gasteiger partial charge in [-0.15, -0.1) is 0 Å². The van der Waals surface area contributed by atoms with Crippen LogP contribution in [0.15, 0.2) is 5.16 Å². The number of hydrogen-bond acceptors (Lipinski definition) is 4. The minimum Gasteiger partial charge on any atom is -0.399 e. The molecular formula is C11H21N3O. The Morgan fingerprint density at radius 2 is 2.07 bits per heavy atom. The van der Waals surface area contributed by atoms with Gasteiger partial charge in [0.25, 0.3) is 0 Å². The average molecular weight is 211 g/mol. The van der Waals surface area contributed by atoms with Gasteiger partial charge in [-0.3, -0.25) is 4.90 Å².